The summed E-state index contributed by atoms with van der Waals surface area (Å²) >= 11 is 0. The van der Waals surface area contributed by atoms with E-state index in [0.29, 0.717) is 30.5 Å². The highest BCUT2D eigenvalue weighted by molar-refractivity contribution is 5.28. The standard InChI is InChI=1S/C18H20N4O2/c1-12(2)14-7-5-13(6-8-14)10-16-17(23)20-18(22-21-16)19-11-15-4-3-9-24-15/h3-9,12H,10-11H2,1-2H3,(H2,19,20,22,23). The van der Waals surface area contributed by atoms with Crippen molar-refractivity contribution in [2.24, 2.45) is 0 Å². The summed E-state index contributed by atoms with van der Waals surface area (Å²) in [6.45, 7) is 4.74. The third-order valence-electron chi connectivity index (χ3n) is 3.79. The highest BCUT2D eigenvalue weighted by atomic mass is 16.3. The van der Waals surface area contributed by atoms with Gasteiger partial charge in [0.1, 0.15) is 11.5 Å². The highest BCUT2D eigenvalue weighted by Crippen LogP contribution is 2.15. The van der Waals surface area contributed by atoms with Gasteiger partial charge in [0.25, 0.3) is 5.56 Å². The van der Waals surface area contributed by atoms with E-state index < -0.39 is 0 Å². The Bertz CT molecular complexity index is 836. The highest BCUT2D eigenvalue weighted by Gasteiger charge is 2.07. The molecule has 2 aromatic heterocycles. The lowest BCUT2D eigenvalue weighted by molar-refractivity contribution is 0.517. The summed E-state index contributed by atoms with van der Waals surface area (Å²) in [4.78, 5) is 14.9. The normalized spacial score (nSPS) is 11.0. The van der Waals surface area contributed by atoms with Gasteiger partial charge in [0.2, 0.25) is 5.95 Å². The minimum absolute atomic E-state index is 0.236. The fourth-order valence-electron chi connectivity index (χ4n) is 2.35. The number of rotatable bonds is 6. The average molecular weight is 324 g/mol. The number of nitrogens with one attached hydrogen (secondary N) is 2. The minimum atomic E-state index is -0.236. The van der Waals surface area contributed by atoms with Crippen molar-refractivity contribution in [3.8, 4) is 0 Å². The maximum Gasteiger partial charge on any atom is 0.274 e. The average Bonchev–Trinajstić information content (AvgIpc) is 3.09. The quantitative estimate of drug-likeness (QED) is 0.728. The van der Waals surface area contributed by atoms with Crippen LogP contribution in [0.25, 0.3) is 0 Å². The van der Waals surface area contributed by atoms with Gasteiger partial charge in [0.05, 0.1) is 12.8 Å². The molecule has 0 atom stereocenters. The van der Waals surface area contributed by atoms with E-state index in [1.54, 1.807) is 12.3 Å². The second-order valence-electron chi connectivity index (χ2n) is 5.96. The molecule has 1 aromatic carbocycles. The number of aromatic amines is 1. The molecule has 2 heterocycles. The van der Waals surface area contributed by atoms with Gasteiger partial charge < -0.3 is 9.73 Å². The molecule has 3 rings (SSSR count). The second-order valence-corrected chi connectivity index (χ2v) is 5.96. The van der Waals surface area contributed by atoms with Crippen LogP contribution in [0, 0.1) is 0 Å². The molecular formula is C18H20N4O2. The van der Waals surface area contributed by atoms with Crippen molar-refractivity contribution in [2.45, 2.75) is 32.7 Å². The van der Waals surface area contributed by atoms with E-state index in [9.17, 15) is 4.79 Å². The lowest BCUT2D eigenvalue weighted by Crippen LogP contribution is -2.19. The lowest BCUT2D eigenvalue weighted by Gasteiger charge is -2.07. The first-order valence-electron chi connectivity index (χ1n) is 7.93. The van der Waals surface area contributed by atoms with Crippen molar-refractivity contribution in [2.75, 3.05) is 5.32 Å². The van der Waals surface area contributed by atoms with Gasteiger partial charge in [-0.1, -0.05) is 38.1 Å². The van der Waals surface area contributed by atoms with Crippen molar-refractivity contribution < 1.29 is 4.42 Å². The van der Waals surface area contributed by atoms with Crippen LogP contribution in [0.15, 0.2) is 51.9 Å². The second kappa shape index (κ2) is 7.12. The molecule has 124 valence electrons. The number of furan rings is 1. The van der Waals surface area contributed by atoms with E-state index >= 15 is 0 Å². The first kappa shape index (κ1) is 16.0. The maximum absolute atomic E-state index is 12.2. The summed E-state index contributed by atoms with van der Waals surface area (Å²) in [7, 11) is 0. The minimum Gasteiger partial charge on any atom is -0.467 e. The van der Waals surface area contributed by atoms with Crippen LogP contribution in [-0.2, 0) is 13.0 Å². The van der Waals surface area contributed by atoms with Gasteiger partial charge in [-0.2, -0.15) is 0 Å². The van der Waals surface area contributed by atoms with Gasteiger partial charge in [-0.25, -0.2) is 0 Å². The van der Waals surface area contributed by atoms with Crippen LogP contribution in [0.3, 0.4) is 0 Å². The molecule has 0 saturated carbocycles. The zero-order valence-electron chi connectivity index (χ0n) is 13.7. The molecule has 2 N–H and O–H groups in total. The molecule has 0 radical (unpaired) electrons. The number of H-pyrrole nitrogens is 1. The van der Waals surface area contributed by atoms with Crippen LogP contribution >= 0.6 is 0 Å². The van der Waals surface area contributed by atoms with Gasteiger partial charge in [-0.05, 0) is 29.2 Å². The number of nitrogens with zero attached hydrogens (tertiary/aromatic N) is 2. The van der Waals surface area contributed by atoms with Crippen LogP contribution in [0.1, 0.15) is 42.3 Å². The van der Waals surface area contributed by atoms with Crippen LogP contribution in [0.2, 0.25) is 0 Å². The lowest BCUT2D eigenvalue weighted by atomic mass is 10.0. The summed E-state index contributed by atoms with van der Waals surface area (Å²) in [6.07, 6.45) is 2.05. The SMILES string of the molecule is CC(C)c1ccc(Cc2nnc(NCc3ccco3)[nH]c2=O)cc1. The monoisotopic (exact) mass is 324 g/mol. The fourth-order valence-corrected chi connectivity index (χ4v) is 2.35. The van der Waals surface area contributed by atoms with Gasteiger partial charge >= 0.3 is 0 Å². The summed E-state index contributed by atoms with van der Waals surface area (Å²) in [5.74, 6) is 1.57. The first-order chi connectivity index (χ1) is 11.6. The maximum atomic E-state index is 12.2. The Hall–Kier alpha value is -2.89. The largest absolute Gasteiger partial charge is 0.467 e. The van der Waals surface area contributed by atoms with Crippen LogP contribution < -0.4 is 10.9 Å². The van der Waals surface area contributed by atoms with Crippen molar-refractivity contribution in [3.63, 3.8) is 0 Å². The molecule has 0 amide bonds. The van der Waals surface area contributed by atoms with Gasteiger partial charge in [-0.15, -0.1) is 10.2 Å². The number of benzene rings is 1. The van der Waals surface area contributed by atoms with E-state index in [-0.39, 0.29) is 5.56 Å². The van der Waals surface area contributed by atoms with Gasteiger partial charge in [0.15, 0.2) is 0 Å². The molecule has 0 fully saturated rings. The summed E-state index contributed by atoms with van der Waals surface area (Å²) in [6, 6.07) is 11.9. The van der Waals surface area contributed by atoms with Crippen molar-refractivity contribution in [1.82, 2.24) is 15.2 Å². The fraction of sp³-hybridized carbons (Fsp3) is 0.278. The molecule has 3 aromatic rings. The molecule has 0 aliphatic rings. The predicted octanol–water partition coefficient (Wildman–Crippen LogP) is 3.08. The van der Waals surface area contributed by atoms with E-state index in [1.165, 1.54) is 5.56 Å². The first-order valence-corrected chi connectivity index (χ1v) is 7.93. The molecule has 0 bridgehead atoms. The topological polar surface area (TPSA) is 83.8 Å². The Kier molecular flexibility index (Phi) is 4.74. The molecule has 0 aliphatic heterocycles. The van der Waals surface area contributed by atoms with E-state index in [0.717, 1.165) is 11.3 Å². The van der Waals surface area contributed by atoms with Crippen molar-refractivity contribution in [3.05, 3.63) is 75.6 Å². The van der Waals surface area contributed by atoms with E-state index in [1.807, 2.05) is 18.2 Å². The molecule has 6 nitrogen and oxygen atoms in total. The number of hydrogen-bond donors (Lipinski definition) is 2. The van der Waals surface area contributed by atoms with Gasteiger partial charge in [-0.3, -0.25) is 9.78 Å². The smallest absolute Gasteiger partial charge is 0.274 e. The Morgan fingerprint density at radius 3 is 2.58 bits per heavy atom. The zero-order valence-corrected chi connectivity index (χ0v) is 13.7. The number of anilines is 1. The van der Waals surface area contributed by atoms with E-state index in [4.69, 9.17) is 4.42 Å². The predicted molar refractivity (Wildman–Crippen MR) is 92.0 cm³/mol. The Balaban J connectivity index is 1.67. The zero-order chi connectivity index (χ0) is 16.9. The number of hydrogen-bond acceptors (Lipinski definition) is 5. The molecular weight excluding hydrogens is 304 g/mol. The summed E-state index contributed by atoms with van der Waals surface area (Å²) in [5, 5.41) is 11.0. The van der Waals surface area contributed by atoms with Crippen LogP contribution in [-0.4, -0.2) is 15.2 Å². The molecule has 0 aliphatic carbocycles. The van der Waals surface area contributed by atoms with E-state index in [2.05, 4.69) is 46.5 Å². The van der Waals surface area contributed by atoms with Gasteiger partial charge in [0, 0.05) is 6.42 Å². The number of aromatic nitrogens is 3. The van der Waals surface area contributed by atoms with Crippen LogP contribution in [0.5, 0.6) is 0 Å². The molecule has 0 saturated heterocycles. The van der Waals surface area contributed by atoms with Crippen molar-refractivity contribution in [1.29, 1.82) is 0 Å². The summed E-state index contributed by atoms with van der Waals surface area (Å²) in [5.41, 5.74) is 2.47. The van der Waals surface area contributed by atoms with Crippen molar-refractivity contribution >= 4 is 5.95 Å². The molecule has 6 heteroatoms. The Morgan fingerprint density at radius 2 is 1.96 bits per heavy atom. The molecule has 24 heavy (non-hydrogen) atoms. The Morgan fingerprint density at radius 1 is 1.17 bits per heavy atom. The molecule has 0 spiro atoms. The van der Waals surface area contributed by atoms with Crippen LogP contribution in [0.4, 0.5) is 5.95 Å². The Labute approximate surface area is 140 Å². The third-order valence-corrected chi connectivity index (χ3v) is 3.79. The summed E-state index contributed by atoms with van der Waals surface area (Å²) < 4.78 is 5.21. The molecule has 0 unspecified atom stereocenters. The third kappa shape index (κ3) is 3.90.